The maximum atomic E-state index is 4.10. The van der Waals surface area contributed by atoms with Gasteiger partial charge in [0.15, 0.2) is 0 Å². The first kappa shape index (κ1) is 15.8. The molecule has 2 atom stereocenters. The molecule has 0 saturated heterocycles. The molecule has 0 aliphatic heterocycles. The van der Waals surface area contributed by atoms with Gasteiger partial charge in [0, 0.05) is 12.6 Å². The molecule has 0 bridgehead atoms. The minimum Gasteiger partial charge on any atom is -0.313 e. The van der Waals surface area contributed by atoms with Crippen molar-refractivity contribution in [2.45, 2.75) is 103 Å². The molecule has 0 radical (unpaired) electrons. The second-order valence-corrected chi connectivity index (χ2v) is 8.39. The standard InChI is InChI=1S/C20H37N/c1-2-20(14-8-9-15-20)16-21-19-13-7-6-12-18(19)17-10-4-3-5-11-17/h17-19,21H,2-16H2,1H3. The van der Waals surface area contributed by atoms with E-state index in [-0.39, 0.29) is 0 Å². The summed E-state index contributed by atoms with van der Waals surface area (Å²) in [7, 11) is 0. The summed E-state index contributed by atoms with van der Waals surface area (Å²) in [6, 6.07) is 0.853. The summed E-state index contributed by atoms with van der Waals surface area (Å²) in [6.45, 7) is 3.74. The lowest BCUT2D eigenvalue weighted by atomic mass is 9.70. The van der Waals surface area contributed by atoms with E-state index in [1.54, 1.807) is 0 Å². The van der Waals surface area contributed by atoms with Crippen molar-refractivity contribution < 1.29 is 0 Å². The van der Waals surface area contributed by atoms with Crippen molar-refractivity contribution in [3.63, 3.8) is 0 Å². The van der Waals surface area contributed by atoms with E-state index in [9.17, 15) is 0 Å². The van der Waals surface area contributed by atoms with Crippen molar-refractivity contribution in [2.75, 3.05) is 6.54 Å². The summed E-state index contributed by atoms with van der Waals surface area (Å²) < 4.78 is 0. The zero-order valence-electron chi connectivity index (χ0n) is 14.3. The Morgan fingerprint density at radius 2 is 1.48 bits per heavy atom. The number of hydrogen-bond acceptors (Lipinski definition) is 1. The van der Waals surface area contributed by atoms with Gasteiger partial charge < -0.3 is 5.32 Å². The zero-order valence-corrected chi connectivity index (χ0v) is 14.3. The van der Waals surface area contributed by atoms with E-state index in [4.69, 9.17) is 0 Å². The molecular weight excluding hydrogens is 254 g/mol. The molecule has 0 spiro atoms. The minimum atomic E-state index is 0.661. The van der Waals surface area contributed by atoms with Crippen LogP contribution in [0.2, 0.25) is 0 Å². The Morgan fingerprint density at radius 3 is 2.19 bits per heavy atom. The molecule has 3 saturated carbocycles. The first-order valence-corrected chi connectivity index (χ1v) is 10.1. The van der Waals surface area contributed by atoms with Gasteiger partial charge in [-0.1, -0.05) is 64.7 Å². The Balaban J connectivity index is 1.56. The lowest BCUT2D eigenvalue weighted by Crippen LogP contribution is -2.46. The van der Waals surface area contributed by atoms with Gasteiger partial charge in [-0.25, -0.2) is 0 Å². The lowest BCUT2D eigenvalue weighted by Gasteiger charge is -2.41. The number of nitrogens with one attached hydrogen (secondary N) is 1. The summed E-state index contributed by atoms with van der Waals surface area (Å²) in [5.74, 6) is 2.06. The molecule has 21 heavy (non-hydrogen) atoms. The highest BCUT2D eigenvalue weighted by molar-refractivity contribution is 4.91. The SMILES string of the molecule is CCC1(CNC2CCCCC2C2CCCCC2)CCCC1. The largest absolute Gasteiger partial charge is 0.313 e. The third kappa shape index (κ3) is 3.84. The van der Waals surface area contributed by atoms with E-state index >= 15 is 0 Å². The number of hydrogen-bond donors (Lipinski definition) is 1. The molecule has 0 aromatic carbocycles. The third-order valence-corrected chi connectivity index (χ3v) is 7.23. The summed E-state index contributed by atoms with van der Waals surface area (Å²) in [5, 5.41) is 4.10. The van der Waals surface area contributed by atoms with Crippen LogP contribution in [0, 0.1) is 17.3 Å². The van der Waals surface area contributed by atoms with E-state index in [1.165, 1.54) is 96.4 Å². The fourth-order valence-corrected chi connectivity index (χ4v) is 5.67. The molecule has 2 unspecified atom stereocenters. The fraction of sp³-hybridized carbons (Fsp3) is 1.00. The van der Waals surface area contributed by atoms with Gasteiger partial charge >= 0.3 is 0 Å². The Hall–Kier alpha value is -0.0400. The van der Waals surface area contributed by atoms with Gasteiger partial charge in [0.1, 0.15) is 0 Å². The van der Waals surface area contributed by atoms with Crippen molar-refractivity contribution >= 4 is 0 Å². The molecule has 122 valence electrons. The molecular formula is C20H37N. The Bertz CT molecular complexity index is 299. The maximum Gasteiger partial charge on any atom is 0.00982 e. The summed E-state index contributed by atoms with van der Waals surface area (Å²) in [4.78, 5) is 0. The van der Waals surface area contributed by atoms with Crippen LogP contribution in [0.3, 0.4) is 0 Å². The molecule has 3 rings (SSSR count). The molecule has 0 amide bonds. The summed E-state index contributed by atoms with van der Waals surface area (Å²) in [5.41, 5.74) is 0.661. The smallest absolute Gasteiger partial charge is 0.00982 e. The second-order valence-electron chi connectivity index (χ2n) is 8.39. The average Bonchev–Trinajstić information content (AvgIpc) is 3.04. The molecule has 1 N–H and O–H groups in total. The van der Waals surface area contributed by atoms with Crippen LogP contribution >= 0.6 is 0 Å². The quantitative estimate of drug-likeness (QED) is 0.686. The predicted octanol–water partition coefficient (Wildman–Crippen LogP) is 5.69. The van der Waals surface area contributed by atoms with Crippen molar-refractivity contribution in [1.82, 2.24) is 5.32 Å². The highest BCUT2D eigenvalue weighted by atomic mass is 14.9. The van der Waals surface area contributed by atoms with Crippen molar-refractivity contribution in [3.05, 3.63) is 0 Å². The highest BCUT2D eigenvalue weighted by Gasteiger charge is 2.36. The molecule has 1 heteroatoms. The molecule has 0 aromatic heterocycles. The second kappa shape index (κ2) is 7.49. The van der Waals surface area contributed by atoms with E-state index < -0.39 is 0 Å². The van der Waals surface area contributed by atoms with Crippen LogP contribution in [0.5, 0.6) is 0 Å². The minimum absolute atomic E-state index is 0.661. The Labute approximate surface area is 132 Å². The molecule has 3 aliphatic carbocycles. The van der Waals surface area contributed by atoms with Crippen LogP contribution in [0.25, 0.3) is 0 Å². The fourth-order valence-electron chi connectivity index (χ4n) is 5.67. The van der Waals surface area contributed by atoms with Crippen LogP contribution in [0.15, 0.2) is 0 Å². The summed E-state index contributed by atoms with van der Waals surface area (Å²) >= 11 is 0. The Kier molecular flexibility index (Phi) is 5.65. The average molecular weight is 292 g/mol. The molecule has 3 aliphatic rings. The number of rotatable bonds is 5. The molecule has 0 heterocycles. The third-order valence-electron chi connectivity index (χ3n) is 7.23. The van der Waals surface area contributed by atoms with Gasteiger partial charge in [0.25, 0.3) is 0 Å². The zero-order chi connectivity index (χ0) is 14.5. The van der Waals surface area contributed by atoms with E-state index in [0.29, 0.717) is 5.41 Å². The van der Waals surface area contributed by atoms with E-state index in [2.05, 4.69) is 12.2 Å². The molecule has 1 nitrogen and oxygen atoms in total. The van der Waals surface area contributed by atoms with Crippen LogP contribution < -0.4 is 5.32 Å². The monoisotopic (exact) mass is 291 g/mol. The topological polar surface area (TPSA) is 12.0 Å². The van der Waals surface area contributed by atoms with Crippen molar-refractivity contribution in [2.24, 2.45) is 17.3 Å². The normalized spacial score (nSPS) is 34.1. The van der Waals surface area contributed by atoms with E-state index in [0.717, 1.165) is 17.9 Å². The first-order valence-electron chi connectivity index (χ1n) is 10.1. The first-order chi connectivity index (χ1) is 10.3. The van der Waals surface area contributed by atoms with Crippen LogP contribution in [-0.2, 0) is 0 Å². The van der Waals surface area contributed by atoms with Crippen molar-refractivity contribution in [1.29, 1.82) is 0 Å². The van der Waals surface area contributed by atoms with Gasteiger partial charge in [0.2, 0.25) is 0 Å². The van der Waals surface area contributed by atoms with Gasteiger partial charge in [-0.05, 0) is 49.4 Å². The highest BCUT2D eigenvalue weighted by Crippen LogP contribution is 2.42. The molecule has 0 aromatic rings. The van der Waals surface area contributed by atoms with Crippen LogP contribution in [0.4, 0.5) is 0 Å². The lowest BCUT2D eigenvalue weighted by molar-refractivity contribution is 0.134. The van der Waals surface area contributed by atoms with Crippen molar-refractivity contribution in [3.8, 4) is 0 Å². The van der Waals surface area contributed by atoms with Gasteiger partial charge in [-0.2, -0.15) is 0 Å². The van der Waals surface area contributed by atoms with Gasteiger partial charge in [-0.3, -0.25) is 0 Å². The maximum absolute atomic E-state index is 4.10. The van der Waals surface area contributed by atoms with Gasteiger partial charge in [0.05, 0.1) is 0 Å². The Morgan fingerprint density at radius 1 is 0.810 bits per heavy atom. The van der Waals surface area contributed by atoms with E-state index in [1.807, 2.05) is 0 Å². The van der Waals surface area contributed by atoms with Crippen LogP contribution in [0.1, 0.15) is 96.8 Å². The summed E-state index contributed by atoms with van der Waals surface area (Å²) in [6.07, 6.45) is 20.8. The van der Waals surface area contributed by atoms with Crippen LogP contribution in [-0.4, -0.2) is 12.6 Å². The predicted molar refractivity (Wildman–Crippen MR) is 91.5 cm³/mol. The van der Waals surface area contributed by atoms with Gasteiger partial charge in [-0.15, -0.1) is 0 Å². The molecule has 3 fully saturated rings.